The molecular formula is C22H19F3N4O2. The number of carbonyl (C=O) groups excluding carboxylic acids is 1. The summed E-state index contributed by atoms with van der Waals surface area (Å²) in [5.74, 6) is -0.0842. The lowest BCUT2D eigenvalue weighted by molar-refractivity contribution is -0.137. The predicted octanol–water partition coefficient (Wildman–Crippen LogP) is 4.25. The Bertz CT molecular complexity index is 1060. The van der Waals surface area contributed by atoms with Crippen molar-refractivity contribution in [1.29, 1.82) is 0 Å². The zero-order chi connectivity index (χ0) is 21.8. The van der Waals surface area contributed by atoms with Gasteiger partial charge < -0.3 is 15.0 Å². The van der Waals surface area contributed by atoms with E-state index in [1.165, 1.54) is 12.1 Å². The molecule has 1 N–H and O–H groups in total. The van der Waals surface area contributed by atoms with Crippen molar-refractivity contribution in [3.05, 3.63) is 71.8 Å². The number of morpholine rings is 1. The number of amides is 1. The van der Waals surface area contributed by atoms with Crippen molar-refractivity contribution in [1.82, 2.24) is 10.2 Å². The minimum absolute atomic E-state index is 0.360. The Morgan fingerprint density at radius 1 is 0.968 bits per heavy atom. The van der Waals surface area contributed by atoms with Crippen LogP contribution in [0.5, 0.6) is 0 Å². The molecule has 6 nitrogen and oxygen atoms in total. The third kappa shape index (κ3) is 4.83. The van der Waals surface area contributed by atoms with Crippen molar-refractivity contribution in [2.75, 3.05) is 36.5 Å². The number of anilines is 2. The highest BCUT2D eigenvalue weighted by molar-refractivity contribution is 6.05. The first-order valence-electron chi connectivity index (χ1n) is 9.66. The van der Waals surface area contributed by atoms with Gasteiger partial charge in [0, 0.05) is 24.3 Å². The third-order valence-corrected chi connectivity index (χ3v) is 4.88. The fourth-order valence-electron chi connectivity index (χ4n) is 3.32. The molecule has 0 spiro atoms. The van der Waals surface area contributed by atoms with Crippen LogP contribution in [0.4, 0.5) is 24.7 Å². The number of rotatable bonds is 4. The van der Waals surface area contributed by atoms with Crippen LogP contribution < -0.4 is 10.2 Å². The molecule has 1 amide bonds. The average molecular weight is 428 g/mol. The van der Waals surface area contributed by atoms with Crippen molar-refractivity contribution in [2.45, 2.75) is 6.18 Å². The molecule has 2 heterocycles. The van der Waals surface area contributed by atoms with E-state index in [9.17, 15) is 18.0 Å². The second-order valence-corrected chi connectivity index (χ2v) is 6.95. The molecule has 1 aliphatic heterocycles. The number of benzene rings is 2. The van der Waals surface area contributed by atoms with Gasteiger partial charge in [-0.1, -0.05) is 24.3 Å². The zero-order valence-corrected chi connectivity index (χ0v) is 16.4. The van der Waals surface area contributed by atoms with Gasteiger partial charge in [-0.05, 0) is 36.4 Å². The summed E-state index contributed by atoms with van der Waals surface area (Å²) in [6, 6.07) is 15.1. The predicted molar refractivity (Wildman–Crippen MR) is 110 cm³/mol. The van der Waals surface area contributed by atoms with Gasteiger partial charge in [0.05, 0.1) is 30.0 Å². The molecule has 1 aromatic heterocycles. The Balaban J connectivity index is 1.52. The van der Waals surface area contributed by atoms with Crippen LogP contribution in [0.15, 0.2) is 60.7 Å². The number of alkyl halides is 3. The maximum absolute atomic E-state index is 13.2. The number of ether oxygens (including phenoxy) is 1. The van der Waals surface area contributed by atoms with Crippen LogP contribution in [0.25, 0.3) is 11.3 Å². The molecule has 1 saturated heterocycles. The van der Waals surface area contributed by atoms with Gasteiger partial charge in [-0.2, -0.15) is 13.2 Å². The standard InChI is InChI=1S/C22H19F3N4O2/c23-22(24,25)18-7-2-1-6-17(18)21(30)26-16-5-3-4-15(14-16)19-8-9-20(28-27-19)29-10-12-31-13-11-29/h1-9,14H,10-13H2,(H,26,30). The average Bonchev–Trinajstić information content (AvgIpc) is 2.79. The fourth-order valence-corrected chi connectivity index (χ4v) is 3.32. The van der Waals surface area contributed by atoms with Crippen molar-refractivity contribution in [3.8, 4) is 11.3 Å². The third-order valence-electron chi connectivity index (χ3n) is 4.88. The molecule has 160 valence electrons. The highest BCUT2D eigenvalue weighted by Gasteiger charge is 2.34. The van der Waals surface area contributed by atoms with Gasteiger partial charge in [0.25, 0.3) is 5.91 Å². The van der Waals surface area contributed by atoms with Gasteiger partial charge in [0.2, 0.25) is 0 Å². The molecule has 3 aromatic rings. The second kappa shape index (κ2) is 8.73. The fraction of sp³-hybridized carbons (Fsp3) is 0.227. The van der Waals surface area contributed by atoms with Crippen molar-refractivity contribution < 1.29 is 22.7 Å². The quantitative estimate of drug-likeness (QED) is 0.673. The summed E-state index contributed by atoms with van der Waals surface area (Å²) < 4.78 is 44.9. The molecule has 0 unspecified atom stereocenters. The molecule has 2 aromatic carbocycles. The molecule has 0 bridgehead atoms. The van der Waals surface area contributed by atoms with E-state index in [1.54, 1.807) is 24.3 Å². The van der Waals surface area contributed by atoms with Gasteiger partial charge in [-0.15, -0.1) is 10.2 Å². The van der Waals surface area contributed by atoms with Gasteiger partial charge >= 0.3 is 6.18 Å². The van der Waals surface area contributed by atoms with E-state index in [4.69, 9.17) is 4.74 Å². The summed E-state index contributed by atoms with van der Waals surface area (Å²) in [6.45, 7) is 2.77. The Kier molecular flexibility index (Phi) is 5.85. The number of hydrogen-bond donors (Lipinski definition) is 1. The van der Waals surface area contributed by atoms with E-state index in [0.29, 0.717) is 30.2 Å². The minimum Gasteiger partial charge on any atom is -0.378 e. The van der Waals surface area contributed by atoms with Crippen LogP contribution in [0.3, 0.4) is 0 Å². The molecule has 1 fully saturated rings. The first kappa shape index (κ1) is 20.8. The first-order valence-corrected chi connectivity index (χ1v) is 9.66. The molecule has 4 rings (SSSR count). The molecule has 0 saturated carbocycles. The maximum atomic E-state index is 13.2. The summed E-state index contributed by atoms with van der Waals surface area (Å²) >= 11 is 0. The first-order chi connectivity index (χ1) is 14.9. The SMILES string of the molecule is O=C(Nc1cccc(-c2ccc(N3CCOCC3)nn2)c1)c1ccccc1C(F)(F)F. The Morgan fingerprint density at radius 3 is 2.45 bits per heavy atom. The van der Waals surface area contributed by atoms with E-state index in [0.717, 1.165) is 31.0 Å². The highest BCUT2D eigenvalue weighted by Crippen LogP contribution is 2.32. The molecule has 0 atom stereocenters. The van der Waals surface area contributed by atoms with E-state index >= 15 is 0 Å². The maximum Gasteiger partial charge on any atom is 0.417 e. The van der Waals surface area contributed by atoms with Crippen LogP contribution in [-0.2, 0) is 10.9 Å². The summed E-state index contributed by atoms with van der Waals surface area (Å²) in [5.41, 5.74) is 0.216. The summed E-state index contributed by atoms with van der Waals surface area (Å²) in [4.78, 5) is 14.6. The normalized spacial score (nSPS) is 14.4. The van der Waals surface area contributed by atoms with Gasteiger partial charge in [0.15, 0.2) is 5.82 Å². The number of halogens is 3. The van der Waals surface area contributed by atoms with Gasteiger partial charge in [-0.25, -0.2) is 0 Å². The summed E-state index contributed by atoms with van der Waals surface area (Å²) in [6.07, 6.45) is -4.62. The topological polar surface area (TPSA) is 67.4 Å². The van der Waals surface area contributed by atoms with Crippen LogP contribution in [0.2, 0.25) is 0 Å². The Labute approximate surface area is 176 Å². The molecule has 9 heteroatoms. The molecular weight excluding hydrogens is 409 g/mol. The van der Waals surface area contributed by atoms with E-state index in [1.807, 2.05) is 12.1 Å². The number of hydrogen-bond acceptors (Lipinski definition) is 5. The smallest absolute Gasteiger partial charge is 0.378 e. The monoisotopic (exact) mass is 428 g/mol. The van der Waals surface area contributed by atoms with E-state index < -0.39 is 23.2 Å². The number of nitrogens with zero attached hydrogens (tertiary/aromatic N) is 3. The molecule has 1 aliphatic rings. The van der Waals surface area contributed by atoms with Crippen LogP contribution >= 0.6 is 0 Å². The molecule has 0 radical (unpaired) electrons. The van der Waals surface area contributed by atoms with Crippen molar-refractivity contribution >= 4 is 17.4 Å². The summed E-state index contributed by atoms with van der Waals surface area (Å²) in [5, 5.41) is 11.1. The van der Waals surface area contributed by atoms with Crippen LogP contribution in [0.1, 0.15) is 15.9 Å². The van der Waals surface area contributed by atoms with E-state index in [2.05, 4.69) is 20.4 Å². The lowest BCUT2D eigenvalue weighted by Gasteiger charge is -2.27. The van der Waals surface area contributed by atoms with Crippen molar-refractivity contribution in [2.24, 2.45) is 0 Å². The molecule has 0 aliphatic carbocycles. The van der Waals surface area contributed by atoms with Crippen LogP contribution in [0, 0.1) is 0 Å². The highest BCUT2D eigenvalue weighted by atomic mass is 19.4. The lowest BCUT2D eigenvalue weighted by atomic mass is 10.1. The zero-order valence-electron chi connectivity index (χ0n) is 16.4. The number of nitrogens with one attached hydrogen (secondary N) is 1. The lowest BCUT2D eigenvalue weighted by Crippen LogP contribution is -2.36. The second-order valence-electron chi connectivity index (χ2n) is 6.95. The largest absolute Gasteiger partial charge is 0.417 e. The van der Waals surface area contributed by atoms with Gasteiger partial charge in [0.1, 0.15) is 0 Å². The van der Waals surface area contributed by atoms with E-state index in [-0.39, 0.29) is 0 Å². The van der Waals surface area contributed by atoms with Gasteiger partial charge in [-0.3, -0.25) is 4.79 Å². The van der Waals surface area contributed by atoms with Crippen molar-refractivity contribution in [3.63, 3.8) is 0 Å². The number of carbonyl (C=O) groups is 1. The van der Waals surface area contributed by atoms with Crippen LogP contribution in [-0.4, -0.2) is 42.4 Å². The minimum atomic E-state index is -4.62. The Morgan fingerprint density at radius 2 is 1.74 bits per heavy atom. The summed E-state index contributed by atoms with van der Waals surface area (Å²) in [7, 11) is 0. The number of aromatic nitrogens is 2. The molecule has 31 heavy (non-hydrogen) atoms. The Hall–Kier alpha value is -3.46.